The van der Waals surface area contributed by atoms with E-state index < -0.39 is 0 Å². The molecule has 1 unspecified atom stereocenters. The summed E-state index contributed by atoms with van der Waals surface area (Å²) in [5, 5.41) is 9.97. The van der Waals surface area contributed by atoms with E-state index in [4.69, 9.17) is 11.6 Å². The highest BCUT2D eigenvalue weighted by atomic mass is 35.5. The van der Waals surface area contributed by atoms with Crippen LogP contribution in [0.15, 0.2) is 24.3 Å². The highest BCUT2D eigenvalue weighted by Crippen LogP contribution is 2.58. The molecule has 1 aromatic rings. The second-order valence-electron chi connectivity index (χ2n) is 9.81. The number of halogens is 1. The molecule has 0 heterocycles. The van der Waals surface area contributed by atoms with E-state index in [-0.39, 0.29) is 23.3 Å². The maximum atomic E-state index is 14.0. The van der Waals surface area contributed by atoms with E-state index in [1.54, 1.807) is 0 Å². The first-order chi connectivity index (χ1) is 13.4. The van der Waals surface area contributed by atoms with Crippen molar-refractivity contribution in [3.05, 3.63) is 34.9 Å². The Morgan fingerprint density at radius 3 is 2.14 bits per heavy atom. The number of rotatable bonds is 6. The Hall–Kier alpha value is -1.53. The molecule has 4 fully saturated rings. The molecule has 4 heteroatoms. The van der Waals surface area contributed by atoms with Crippen LogP contribution < -0.4 is 0 Å². The molecule has 3 nitrogen and oxygen atoms in total. The van der Waals surface area contributed by atoms with Gasteiger partial charge in [-0.05, 0) is 79.9 Å². The topological polar surface area (TPSA) is 44.1 Å². The molecular formula is C24H31ClN2O. The van der Waals surface area contributed by atoms with Crippen LogP contribution in [0.2, 0.25) is 5.02 Å². The molecule has 4 saturated carbocycles. The summed E-state index contributed by atoms with van der Waals surface area (Å²) in [6.07, 6.45) is 7.89. The maximum absolute atomic E-state index is 14.0. The molecule has 4 aliphatic carbocycles. The van der Waals surface area contributed by atoms with Crippen LogP contribution in [0.5, 0.6) is 0 Å². The van der Waals surface area contributed by atoms with Crippen molar-refractivity contribution in [2.75, 3.05) is 6.54 Å². The average molecular weight is 399 g/mol. The van der Waals surface area contributed by atoms with Gasteiger partial charge >= 0.3 is 0 Å². The van der Waals surface area contributed by atoms with Crippen LogP contribution in [-0.2, 0) is 4.79 Å². The van der Waals surface area contributed by atoms with Gasteiger partial charge in [0.15, 0.2) is 0 Å². The van der Waals surface area contributed by atoms with E-state index in [1.807, 2.05) is 24.3 Å². The van der Waals surface area contributed by atoms with Gasteiger partial charge in [0.25, 0.3) is 0 Å². The first-order valence-corrected chi connectivity index (χ1v) is 11.2. The summed E-state index contributed by atoms with van der Waals surface area (Å²) < 4.78 is 0. The summed E-state index contributed by atoms with van der Waals surface area (Å²) >= 11 is 6.09. The lowest BCUT2D eigenvalue weighted by atomic mass is 9.52. The van der Waals surface area contributed by atoms with Gasteiger partial charge in [0.1, 0.15) is 0 Å². The Labute approximate surface area is 174 Å². The molecule has 0 aliphatic heterocycles. The molecule has 4 bridgehead atoms. The van der Waals surface area contributed by atoms with E-state index in [1.165, 1.54) is 19.3 Å². The summed E-state index contributed by atoms with van der Waals surface area (Å²) in [6, 6.07) is 10.0. The molecule has 4 aliphatic rings. The fourth-order valence-corrected chi connectivity index (χ4v) is 6.92. The summed E-state index contributed by atoms with van der Waals surface area (Å²) in [4.78, 5) is 16.1. The lowest BCUT2D eigenvalue weighted by molar-refractivity contribution is -0.153. The van der Waals surface area contributed by atoms with Crippen LogP contribution in [0.3, 0.4) is 0 Å². The smallest absolute Gasteiger partial charge is 0.230 e. The van der Waals surface area contributed by atoms with Crippen LogP contribution in [0.1, 0.15) is 70.3 Å². The third-order valence-electron chi connectivity index (χ3n) is 7.45. The zero-order valence-corrected chi connectivity index (χ0v) is 17.8. The van der Waals surface area contributed by atoms with Crippen LogP contribution in [0.25, 0.3) is 0 Å². The van der Waals surface area contributed by atoms with Crippen molar-refractivity contribution in [2.24, 2.45) is 23.7 Å². The monoisotopic (exact) mass is 398 g/mol. The lowest BCUT2D eigenvalue weighted by Gasteiger charge is -2.61. The summed E-state index contributed by atoms with van der Waals surface area (Å²) in [6.45, 7) is 4.82. The first-order valence-electron chi connectivity index (χ1n) is 10.9. The molecule has 0 aromatic heterocycles. The van der Waals surface area contributed by atoms with Gasteiger partial charge in [-0.1, -0.05) is 37.6 Å². The van der Waals surface area contributed by atoms with E-state index >= 15 is 0 Å². The Kier molecular flexibility index (Phi) is 5.45. The Morgan fingerprint density at radius 2 is 1.68 bits per heavy atom. The van der Waals surface area contributed by atoms with E-state index in [0.29, 0.717) is 18.0 Å². The number of hydrogen-bond donors (Lipinski definition) is 0. The Bertz CT molecular complexity index is 729. The molecular weight excluding hydrogens is 368 g/mol. The minimum atomic E-state index is -0.177. The number of carbonyl (C=O) groups excluding carboxylic acids is 1. The fourth-order valence-electron chi connectivity index (χ4n) is 6.79. The van der Waals surface area contributed by atoms with Gasteiger partial charge in [0.05, 0.1) is 18.4 Å². The standard InChI is InChI=1S/C24H31ClN2O/c1-16(2)22(20-4-6-21(25)7-5-20)23(28)27(9-3-8-26)24-13-17-10-18(14-24)12-19(11-17)15-24/h4-7,16-19,22H,3,9-15H2,1-2H3. The maximum Gasteiger partial charge on any atom is 0.230 e. The molecule has 28 heavy (non-hydrogen) atoms. The molecule has 1 aromatic carbocycles. The molecule has 0 spiro atoms. The number of nitrogens with zero attached hydrogens (tertiary/aromatic N) is 2. The fraction of sp³-hybridized carbons (Fsp3) is 0.667. The average Bonchev–Trinajstić information content (AvgIpc) is 2.62. The molecule has 0 radical (unpaired) electrons. The normalized spacial score (nSPS) is 31.6. The quantitative estimate of drug-likeness (QED) is 0.608. The van der Waals surface area contributed by atoms with Crippen LogP contribution >= 0.6 is 11.6 Å². The Morgan fingerprint density at radius 1 is 1.14 bits per heavy atom. The van der Waals surface area contributed by atoms with Crippen LogP contribution in [0.4, 0.5) is 0 Å². The SMILES string of the molecule is CC(C)C(C(=O)N(CCC#N)C12CC3CC(CC(C3)C1)C2)c1ccc(Cl)cc1. The van der Waals surface area contributed by atoms with E-state index in [0.717, 1.165) is 42.6 Å². The van der Waals surface area contributed by atoms with Gasteiger partial charge in [0, 0.05) is 17.1 Å². The van der Waals surface area contributed by atoms with Crippen molar-refractivity contribution in [2.45, 2.75) is 70.3 Å². The van der Waals surface area contributed by atoms with Crippen LogP contribution in [-0.4, -0.2) is 22.9 Å². The zero-order valence-electron chi connectivity index (χ0n) is 17.0. The van der Waals surface area contributed by atoms with Crippen molar-refractivity contribution in [3.8, 4) is 6.07 Å². The second-order valence-corrected chi connectivity index (χ2v) is 10.2. The predicted molar refractivity (Wildman–Crippen MR) is 112 cm³/mol. The number of carbonyl (C=O) groups is 1. The summed E-state index contributed by atoms with van der Waals surface area (Å²) in [5.74, 6) is 2.57. The third-order valence-corrected chi connectivity index (χ3v) is 7.71. The van der Waals surface area contributed by atoms with Crippen molar-refractivity contribution < 1.29 is 4.79 Å². The summed E-state index contributed by atoms with van der Waals surface area (Å²) in [5.41, 5.74) is 1.03. The molecule has 0 saturated heterocycles. The van der Waals surface area contributed by atoms with Gasteiger partial charge in [-0.25, -0.2) is 0 Å². The van der Waals surface area contributed by atoms with Gasteiger partial charge < -0.3 is 4.90 Å². The summed E-state index contributed by atoms with van der Waals surface area (Å²) in [7, 11) is 0. The van der Waals surface area contributed by atoms with Gasteiger partial charge in [-0.15, -0.1) is 0 Å². The Balaban J connectivity index is 1.67. The van der Waals surface area contributed by atoms with Gasteiger partial charge in [-0.2, -0.15) is 5.26 Å². The predicted octanol–water partition coefficient (Wildman–Crippen LogP) is 5.79. The molecule has 1 atom stereocenters. The number of amides is 1. The highest BCUT2D eigenvalue weighted by Gasteiger charge is 2.55. The van der Waals surface area contributed by atoms with Crippen molar-refractivity contribution in [1.29, 1.82) is 5.26 Å². The first kappa shape index (κ1) is 19.8. The van der Waals surface area contributed by atoms with Crippen LogP contribution in [0, 0.1) is 35.0 Å². The van der Waals surface area contributed by atoms with Crippen molar-refractivity contribution >= 4 is 17.5 Å². The molecule has 1 amide bonds. The van der Waals surface area contributed by atoms with Crippen molar-refractivity contribution in [3.63, 3.8) is 0 Å². The largest absolute Gasteiger partial charge is 0.335 e. The minimum absolute atomic E-state index is 0.0117. The molecule has 5 rings (SSSR count). The van der Waals surface area contributed by atoms with Gasteiger partial charge in [-0.3, -0.25) is 4.79 Å². The number of benzene rings is 1. The highest BCUT2D eigenvalue weighted by molar-refractivity contribution is 6.30. The van der Waals surface area contributed by atoms with E-state index in [9.17, 15) is 10.1 Å². The second kappa shape index (κ2) is 7.71. The molecule has 0 N–H and O–H groups in total. The van der Waals surface area contributed by atoms with Crippen molar-refractivity contribution in [1.82, 2.24) is 4.90 Å². The van der Waals surface area contributed by atoms with Gasteiger partial charge in [0.2, 0.25) is 5.91 Å². The number of nitriles is 1. The minimum Gasteiger partial charge on any atom is -0.335 e. The molecule has 150 valence electrons. The van der Waals surface area contributed by atoms with E-state index in [2.05, 4.69) is 24.8 Å². The number of hydrogen-bond acceptors (Lipinski definition) is 2. The zero-order chi connectivity index (χ0) is 19.9. The third kappa shape index (κ3) is 3.57. The lowest BCUT2D eigenvalue weighted by Crippen LogP contribution is -2.62.